The van der Waals surface area contributed by atoms with Crippen molar-refractivity contribution in [3.8, 4) is 0 Å². The maximum absolute atomic E-state index is 12.7. The summed E-state index contributed by atoms with van der Waals surface area (Å²) >= 11 is 0. The first kappa shape index (κ1) is 12.2. The van der Waals surface area contributed by atoms with Crippen LogP contribution in [0.25, 0.3) is 11.0 Å². The minimum Gasteiger partial charge on any atom is -0.322 e. The molecule has 1 aromatic carbocycles. The Balaban J connectivity index is 1.85. The molecule has 3 aromatic rings. The van der Waals surface area contributed by atoms with E-state index in [4.69, 9.17) is 0 Å². The fourth-order valence-electron chi connectivity index (χ4n) is 1.75. The summed E-state index contributed by atoms with van der Waals surface area (Å²) in [4.78, 5) is 23.7. The van der Waals surface area contributed by atoms with Crippen molar-refractivity contribution >= 4 is 22.6 Å². The third kappa shape index (κ3) is 2.44. The topological polar surface area (TPSA) is 67.8 Å². The number of nitrogens with one attached hydrogen (secondary N) is 1. The number of carbonyl (C=O) groups is 1. The van der Waals surface area contributed by atoms with Gasteiger partial charge in [0.15, 0.2) is 0 Å². The van der Waals surface area contributed by atoms with Crippen LogP contribution < -0.4 is 5.32 Å². The Hall–Kier alpha value is -2.89. The first-order valence-electron chi connectivity index (χ1n) is 5.86. The minimum atomic E-state index is -0.623. The van der Waals surface area contributed by atoms with Crippen molar-refractivity contribution in [2.45, 2.75) is 0 Å². The fraction of sp³-hybridized carbons (Fsp3) is 0. The van der Waals surface area contributed by atoms with E-state index in [9.17, 15) is 9.18 Å². The third-order valence-electron chi connectivity index (χ3n) is 2.72. The number of anilines is 1. The molecule has 5 nitrogen and oxygen atoms in total. The van der Waals surface area contributed by atoms with Crippen LogP contribution in [0.4, 0.5) is 10.1 Å². The number of rotatable bonds is 2. The monoisotopic (exact) mass is 268 g/mol. The van der Waals surface area contributed by atoms with E-state index in [1.54, 1.807) is 30.6 Å². The van der Waals surface area contributed by atoms with Gasteiger partial charge in [-0.1, -0.05) is 0 Å². The van der Waals surface area contributed by atoms with Crippen molar-refractivity contribution in [1.29, 1.82) is 0 Å². The molecule has 2 aromatic heterocycles. The molecule has 3 rings (SSSR count). The number of hydrogen-bond acceptors (Lipinski definition) is 4. The van der Waals surface area contributed by atoms with Gasteiger partial charge in [-0.05, 0) is 30.3 Å². The predicted molar refractivity (Wildman–Crippen MR) is 71.7 cm³/mol. The largest absolute Gasteiger partial charge is 0.322 e. The number of benzene rings is 1. The molecule has 0 saturated carbocycles. The van der Waals surface area contributed by atoms with Crippen LogP contribution in [0.5, 0.6) is 0 Å². The molecule has 0 unspecified atom stereocenters. The maximum atomic E-state index is 12.7. The quantitative estimate of drug-likeness (QED) is 0.725. The minimum absolute atomic E-state index is 0.283. The van der Waals surface area contributed by atoms with Gasteiger partial charge in [0.2, 0.25) is 5.95 Å². The summed E-state index contributed by atoms with van der Waals surface area (Å²) in [5, 5.41) is 2.70. The van der Waals surface area contributed by atoms with E-state index in [0.717, 1.165) is 11.6 Å². The van der Waals surface area contributed by atoms with Gasteiger partial charge in [-0.2, -0.15) is 4.39 Å². The Bertz CT molecular complexity index is 773. The molecule has 1 N–H and O–H groups in total. The summed E-state index contributed by atoms with van der Waals surface area (Å²) in [5.41, 5.74) is 2.30. The number of amides is 1. The summed E-state index contributed by atoms with van der Waals surface area (Å²) in [6.07, 6.45) is 4.37. The van der Waals surface area contributed by atoms with Gasteiger partial charge < -0.3 is 5.32 Å². The average molecular weight is 268 g/mol. The summed E-state index contributed by atoms with van der Waals surface area (Å²) < 4.78 is 12.7. The van der Waals surface area contributed by atoms with Gasteiger partial charge in [-0.25, -0.2) is 4.98 Å². The normalized spacial score (nSPS) is 10.4. The number of pyridine rings is 1. The number of halogens is 1. The average Bonchev–Trinajstić information content (AvgIpc) is 2.48. The molecular weight excluding hydrogens is 259 g/mol. The zero-order chi connectivity index (χ0) is 13.9. The highest BCUT2D eigenvalue weighted by molar-refractivity contribution is 6.04. The van der Waals surface area contributed by atoms with E-state index in [1.807, 2.05) is 0 Å². The summed E-state index contributed by atoms with van der Waals surface area (Å²) in [7, 11) is 0. The predicted octanol–water partition coefficient (Wildman–Crippen LogP) is 2.42. The number of hydrogen-bond donors (Lipinski definition) is 1. The number of nitrogens with zero attached hydrogens (tertiary/aromatic N) is 3. The second-order valence-electron chi connectivity index (χ2n) is 4.08. The van der Waals surface area contributed by atoms with Gasteiger partial charge in [0.25, 0.3) is 5.91 Å². The first-order chi connectivity index (χ1) is 9.72. The fourth-order valence-corrected chi connectivity index (χ4v) is 1.75. The summed E-state index contributed by atoms with van der Waals surface area (Å²) in [6, 6.07) is 7.73. The summed E-state index contributed by atoms with van der Waals surface area (Å²) in [5.74, 6) is -0.983. The van der Waals surface area contributed by atoms with Gasteiger partial charge in [0.1, 0.15) is 0 Å². The Labute approximate surface area is 113 Å². The highest BCUT2D eigenvalue weighted by Crippen LogP contribution is 2.15. The van der Waals surface area contributed by atoms with Crippen LogP contribution in [0.1, 0.15) is 10.4 Å². The molecule has 1 amide bonds. The van der Waals surface area contributed by atoms with Crippen LogP contribution in [0.3, 0.4) is 0 Å². The Morgan fingerprint density at radius 2 is 1.80 bits per heavy atom. The molecule has 6 heteroatoms. The van der Waals surface area contributed by atoms with Crippen molar-refractivity contribution in [2.24, 2.45) is 0 Å². The molecule has 98 valence electrons. The molecular formula is C14H9FN4O. The first-order valence-corrected chi connectivity index (χ1v) is 5.86. The molecule has 0 spiro atoms. The van der Waals surface area contributed by atoms with Gasteiger partial charge in [-0.3, -0.25) is 14.8 Å². The van der Waals surface area contributed by atoms with E-state index in [1.165, 1.54) is 12.3 Å². The van der Waals surface area contributed by atoms with Crippen LogP contribution in [-0.4, -0.2) is 20.9 Å². The lowest BCUT2D eigenvalue weighted by Gasteiger charge is -2.05. The molecule has 20 heavy (non-hydrogen) atoms. The SMILES string of the molecule is O=C(Nc1ccc2nccnc2c1)c1ccc(F)nc1. The molecule has 0 radical (unpaired) electrons. The second-order valence-corrected chi connectivity index (χ2v) is 4.08. The van der Waals surface area contributed by atoms with Crippen molar-refractivity contribution in [2.75, 3.05) is 5.32 Å². The van der Waals surface area contributed by atoms with Crippen molar-refractivity contribution in [1.82, 2.24) is 15.0 Å². The molecule has 0 aliphatic carbocycles. The van der Waals surface area contributed by atoms with E-state index in [0.29, 0.717) is 11.2 Å². The van der Waals surface area contributed by atoms with Gasteiger partial charge in [-0.15, -0.1) is 0 Å². The van der Waals surface area contributed by atoms with Crippen LogP contribution in [0, 0.1) is 5.95 Å². The lowest BCUT2D eigenvalue weighted by molar-refractivity contribution is 0.102. The highest BCUT2D eigenvalue weighted by Gasteiger charge is 2.07. The summed E-state index contributed by atoms with van der Waals surface area (Å²) in [6.45, 7) is 0. The highest BCUT2D eigenvalue weighted by atomic mass is 19.1. The van der Waals surface area contributed by atoms with E-state index in [2.05, 4.69) is 20.3 Å². The maximum Gasteiger partial charge on any atom is 0.257 e. The number of carbonyl (C=O) groups excluding carboxylic acids is 1. The van der Waals surface area contributed by atoms with Gasteiger partial charge >= 0.3 is 0 Å². The standard InChI is InChI=1S/C14H9FN4O/c15-13-4-1-9(8-18-13)14(20)19-10-2-3-11-12(7-10)17-6-5-16-11/h1-8H,(H,19,20). The van der Waals surface area contributed by atoms with E-state index < -0.39 is 5.95 Å². The lowest BCUT2D eigenvalue weighted by atomic mass is 10.2. The molecule has 0 atom stereocenters. The third-order valence-corrected chi connectivity index (χ3v) is 2.72. The van der Waals surface area contributed by atoms with Crippen LogP contribution in [0.2, 0.25) is 0 Å². The Morgan fingerprint density at radius 3 is 2.55 bits per heavy atom. The van der Waals surface area contributed by atoms with Crippen molar-refractivity contribution in [3.05, 3.63) is 60.4 Å². The van der Waals surface area contributed by atoms with E-state index in [-0.39, 0.29) is 11.5 Å². The second kappa shape index (κ2) is 5.00. The molecule has 0 fully saturated rings. The van der Waals surface area contributed by atoms with Gasteiger partial charge in [0, 0.05) is 24.3 Å². The van der Waals surface area contributed by atoms with Crippen molar-refractivity contribution in [3.63, 3.8) is 0 Å². The molecule has 0 saturated heterocycles. The molecule has 2 heterocycles. The zero-order valence-electron chi connectivity index (χ0n) is 10.2. The smallest absolute Gasteiger partial charge is 0.257 e. The molecule has 0 bridgehead atoms. The van der Waals surface area contributed by atoms with Gasteiger partial charge in [0.05, 0.1) is 16.6 Å². The van der Waals surface area contributed by atoms with Crippen LogP contribution >= 0.6 is 0 Å². The van der Waals surface area contributed by atoms with Crippen LogP contribution in [-0.2, 0) is 0 Å². The lowest BCUT2D eigenvalue weighted by Crippen LogP contribution is -2.12. The molecule has 0 aliphatic heterocycles. The Kier molecular flexibility index (Phi) is 3.04. The molecule has 0 aliphatic rings. The zero-order valence-corrected chi connectivity index (χ0v) is 10.2. The van der Waals surface area contributed by atoms with E-state index >= 15 is 0 Å². The van der Waals surface area contributed by atoms with Crippen LogP contribution in [0.15, 0.2) is 48.9 Å². The number of aromatic nitrogens is 3. The van der Waals surface area contributed by atoms with Crippen molar-refractivity contribution < 1.29 is 9.18 Å². The number of fused-ring (bicyclic) bond motifs is 1. The Morgan fingerprint density at radius 1 is 1.00 bits per heavy atom.